The van der Waals surface area contributed by atoms with E-state index in [4.69, 9.17) is 4.74 Å². The van der Waals surface area contributed by atoms with Crippen LogP contribution in [0.3, 0.4) is 0 Å². The van der Waals surface area contributed by atoms with Crippen LogP contribution >= 0.6 is 0 Å². The molecule has 0 unspecified atom stereocenters. The quantitative estimate of drug-likeness (QED) is 0.579. The predicted molar refractivity (Wildman–Crippen MR) is 118 cm³/mol. The van der Waals surface area contributed by atoms with Crippen LogP contribution in [0.2, 0.25) is 0 Å². The summed E-state index contributed by atoms with van der Waals surface area (Å²) in [6.07, 6.45) is 0. The Morgan fingerprint density at radius 1 is 0.935 bits per heavy atom. The lowest BCUT2D eigenvalue weighted by Gasteiger charge is -2.16. The fraction of sp³-hybridized carbons (Fsp3) is 0.120. The van der Waals surface area contributed by atoms with E-state index in [9.17, 15) is 14.0 Å². The average Bonchev–Trinajstić information content (AvgIpc) is 2.99. The SMILES string of the molecule is CCOc1cccc(NC2=C(c3ccc(F)cc3)C(=O)N(c3cccc(C)c3)C2=O)c1. The van der Waals surface area contributed by atoms with Gasteiger partial charge in [-0.3, -0.25) is 9.59 Å². The number of nitrogens with one attached hydrogen (secondary N) is 1. The van der Waals surface area contributed by atoms with Gasteiger partial charge >= 0.3 is 0 Å². The van der Waals surface area contributed by atoms with Crippen LogP contribution < -0.4 is 15.0 Å². The topological polar surface area (TPSA) is 58.6 Å². The lowest BCUT2D eigenvalue weighted by molar-refractivity contribution is -0.120. The van der Waals surface area contributed by atoms with Gasteiger partial charge in [-0.05, 0) is 61.4 Å². The molecule has 0 bridgehead atoms. The molecular formula is C25H21FN2O3. The van der Waals surface area contributed by atoms with Crippen molar-refractivity contribution in [3.8, 4) is 5.75 Å². The number of hydrogen-bond donors (Lipinski definition) is 1. The summed E-state index contributed by atoms with van der Waals surface area (Å²) in [4.78, 5) is 27.9. The Kier molecular flexibility index (Phi) is 5.54. The molecular weight excluding hydrogens is 395 g/mol. The zero-order valence-corrected chi connectivity index (χ0v) is 17.2. The normalized spacial score (nSPS) is 13.7. The van der Waals surface area contributed by atoms with Gasteiger partial charge in [0, 0.05) is 11.8 Å². The molecule has 3 aromatic carbocycles. The molecule has 156 valence electrons. The summed E-state index contributed by atoms with van der Waals surface area (Å²) in [5.74, 6) is -0.721. The summed E-state index contributed by atoms with van der Waals surface area (Å²) in [7, 11) is 0. The second-order valence-corrected chi connectivity index (χ2v) is 7.13. The zero-order chi connectivity index (χ0) is 22.0. The number of benzene rings is 3. The largest absolute Gasteiger partial charge is 0.494 e. The van der Waals surface area contributed by atoms with Crippen molar-refractivity contribution >= 4 is 28.8 Å². The minimum absolute atomic E-state index is 0.131. The highest BCUT2D eigenvalue weighted by atomic mass is 19.1. The Labute approximate surface area is 179 Å². The molecule has 0 radical (unpaired) electrons. The first-order chi connectivity index (χ1) is 15.0. The molecule has 0 saturated heterocycles. The molecule has 0 saturated carbocycles. The number of nitrogens with zero attached hydrogens (tertiary/aromatic N) is 1. The first kappa shape index (κ1) is 20.3. The first-order valence-electron chi connectivity index (χ1n) is 9.93. The van der Waals surface area contributed by atoms with Crippen molar-refractivity contribution in [1.82, 2.24) is 0 Å². The number of amides is 2. The minimum atomic E-state index is -0.475. The van der Waals surface area contributed by atoms with E-state index in [-0.39, 0.29) is 11.3 Å². The highest BCUT2D eigenvalue weighted by Gasteiger charge is 2.40. The average molecular weight is 416 g/mol. The van der Waals surface area contributed by atoms with Crippen molar-refractivity contribution < 1.29 is 18.7 Å². The number of ether oxygens (including phenoxy) is 1. The molecule has 1 aliphatic heterocycles. The molecule has 4 rings (SSSR count). The van der Waals surface area contributed by atoms with E-state index >= 15 is 0 Å². The molecule has 1 aliphatic rings. The second kappa shape index (κ2) is 8.44. The van der Waals surface area contributed by atoms with E-state index < -0.39 is 17.6 Å². The maximum absolute atomic E-state index is 13.5. The van der Waals surface area contributed by atoms with Crippen LogP contribution in [0.1, 0.15) is 18.1 Å². The van der Waals surface area contributed by atoms with Crippen LogP contribution in [-0.4, -0.2) is 18.4 Å². The van der Waals surface area contributed by atoms with Gasteiger partial charge in [-0.1, -0.05) is 30.3 Å². The molecule has 1 N–H and O–H groups in total. The van der Waals surface area contributed by atoms with Gasteiger partial charge in [0.05, 0.1) is 17.9 Å². The van der Waals surface area contributed by atoms with Crippen LogP contribution in [0.5, 0.6) is 5.75 Å². The number of imide groups is 1. The Bertz CT molecular complexity index is 1190. The highest BCUT2D eigenvalue weighted by molar-refractivity contribution is 6.46. The summed E-state index contributed by atoms with van der Waals surface area (Å²) >= 11 is 0. The fourth-order valence-corrected chi connectivity index (χ4v) is 3.51. The monoisotopic (exact) mass is 416 g/mol. The summed E-state index contributed by atoms with van der Waals surface area (Å²) in [5.41, 5.74) is 2.79. The number of aryl methyl sites for hydroxylation is 1. The van der Waals surface area contributed by atoms with Gasteiger partial charge in [0.15, 0.2) is 0 Å². The van der Waals surface area contributed by atoms with Crippen LogP contribution in [0, 0.1) is 12.7 Å². The van der Waals surface area contributed by atoms with E-state index in [2.05, 4.69) is 5.32 Å². The number of carbonyl (C=O) groups is 2. The molecule has 0 fully saturated rings. The number of carbonyl (C=O) groups excluding carboxylic acids is 2. The highest BCUT2D eigenvalue weighted by Crippen LogP contribution is 2.34. The van der Waals surface area contributed by atoms with E-state index in [1.165, 1.54) is 24.3 Å². The van der Waals surface area contributed by atoms with Gasteiger partial charge in [0.1, 0.15) is 17.3 Å². The Morgan fingerprint density at radius 2 is 1.68 bits per heavy atom. The number of rotatable bonds is 6. The van der Waals surface area contributed by atoms with Crippen LogP contribution in [-0.2, 0) is 9.59 Å². The summed E-state index contributed by atoms with van der Waals surface area (Å²) < 4.78 is 19.0. The maximum atomic E-state index is 13.5. The summed E-state index contributed by atoms with van der Waals surface area (Å²) in [6, 6.07) is 19.8. The molecule has 31 heavy (non-hydrogen) atoms. The third-order valence-corrected chi connectivity index (χ3v) is 4.89. The van der Waals surface area contributed by atoms with E-state index in [0.717, 1.165) is 10.5 Å². The minimum Gasteiger partial charge on any atom is -0.494 e. The second-order valence-electron chi connectivity index (χ2n) is 7.13. The van der Waals surface area contributed by atoms with Crippen molar-refractivity contribution in [2.45, 2.75) is 13.8 Å². The van der Waals surface area contributed by atoms with Gasteiger partial charge in [-0.2, -0.15) is 0 Å². The summed E-state index contributed by atoms with van der Waals surface area (Å²) in [5, 5.41) is 3.09. The van der Waals surface area contributed by atoms with Crippen molar-refractivity contribution in [2.24, 2.45) is 0 Å². The molecule has 0 atom stereocenters. The molecule has 1 heterocycles. The van der Waals surface area contributed by atoms with Crippen molar-refractivity contribution in [1.29, 1.82) is 0 Å². The first-order valence-corrected chi connectivity index (χ1v) is 9.93. The summed E-state index contributed by atoms with van der Waals surface area (Å²) in [6.45, 7) is 4.28. The van der Waals surface area contributed by atoms with Gasteiger partial charge in [0.2, 0.25) is 0 Å². The van der Waals surface area contributed by atoms with E-state index in [1.807, 2.05) is 26.0 Å². The van der Waals surface area contributed by atoms with Gasteiger partial charge < -0.3 is 10.1 Å². The van der Waals surface area contributed by atoms with Crippen molar-refractivity contribution in [3.63, 3.8) is 0 Å². The molecule has 0 aliphatic carbocycles. The Balaban J connectivity index is 1.80. The van der Waals surface area contributed by atoms with Crippen LogP contribution in [0.25, 0.3) is 5.57 Å². The molecule has 6 heteroatoms. The van der Waals surface area contributed by atoms with Crippen molar-refractivity contribution in [3.05, 3.63) is 95.4 Å². The van der Waals surface area contributed by atoms with E-state index in [1.54, 1.807) is 36.4 Å². The smallest absolute Gasteiger partial charge is 0.282 e. The molecule has 3 aromatic rings. The van der Waals surface area contributed by atoms with Crippen LogP contribution in [0.15, 0.2) is 78.5 Å². The predicted octanol–water partition coefficient (Wildman–Crippen LogP) is 4.93. The molecule has 0 aromatic heterocycles. The molecule has 5 nitrogen and oxygen atoms in total. The number of hydrogen-bond acceptors (Lipinski definition) is 4. The van der Waals surface area contributed by atoms with E-state index in [0.29, 0.717) is 29.3 Å². The fourth-order valence-electron chi connectivity index (χ4n) is 3.51. The van der Waals surface area contributed by atoms with Gasteiger partial charge in [0.25, 0.3) is 11.8 Å². The zero-order valence-electron chi connectivity index (χ0n) is 17.2. The number of anilines is 2. The molecule has 0 spiro atoms. The van der Waals surface area contributed by atoms with Crippen LogP contribution in [0.4, 0.5) is 15.8 Å². The van der Waals surface area contributed by atoms with Gasteiger partial charge in [-0.15, -0.1) is 0 Å². The Morgan fingerprint density at radius 3 is 2.39 bits per heavy atom. The lowest BCUT2D eigenvalue weighted by Crippen LogP contribution is -2.32. The third-order valence-electron chi connectivity index (χ3n) is 4.89. The maximum Gasteiger partial charge on any atom is 0.282 e. The Hall–Kier alpha value is -3.93. The van der Waals surface area contributed by atoms with Crippen molar-refractivity contribution in [2.75, 3.05) is 16.8 Å². The molecule has 2 amide bonds. The lowest BCUT2D eigenvalue weighted by atomic mass is 10.0. The standard InChI is InChI=1S/C25H21FN2O3/c1-3-31-21-9-5-7-19(15-21)27-23-22(17-10-12-18(26)13-11-17)24(29)28(25(23)30)20-8-4-6-16(2)14-20/h4-15,27H,3H2,1-2H3. The van der Waals surface area contributed by atoms with Gasteiger partial charge in [-0.25, -0.2) is 9.29 Å². The number of halogens is 1. The third kappa shape index (κ3) is 4.05.